The highest BCUT2D eigenvalue weighted by atomic mass is 32.2. The van der Waals surface area contributed by atoms with E-state index in [4.69, 9.17) is 9.15 Å². The molecule has 0 aliphatic heterocycles. The molecule has 7 heteroatoms. The second-order valence-electron chi connectivity index (χ2n) is 6.23. The van der Waals surface area contributed by atoms with Gasteiger partial charge in [0.25, 0.3) is 5.22 Å². The maximum Gasteiger partial charge on any atom is 0.277 e. The maximum atomic E-state index is 12.6. The van der Waals surface area contributed by atoms with Gasteiger partial charge in [-0.3, -0.25) is 4.79 Å². The predicted molar refractivity (Wildman–Crippen MR) is 110 cm³/mol. The van der Waals surface area contributed by atoms with Crippen LogP contribution in [0.3, 0.4) is 0 Å². The van der Waals surface area contributed by atoms with Crippen molar-refractivity contribution < 1.29 is 13.9 Å². The summed E-state index contributed by atoms with van der Waals surface area (Å²) in [6.07, 6.45) is 1.82. The molecule has 0 N–H and O–H groups in total. The van der Waals surface area contributed by atoms with Crippen LogP contribution >= 0.6 is 11.8 Å². The molecule has 1 aromatic carbocycles. The van der Waals surface area contributed by atoms with Crippen LogP contribution in [0.1, 0.15) is 28.7 Å². The van der Waals surface area contributed by atoms with Gasteiger partial charge >= 0.3 is 0 Å². The number of hydrogen-bond donors (Lipinski definition) is 0. The van der Waals surface area contributed by atoms with Crippen molar-refractivity contribution >= 4 is 17.5 Å². The van der Waals surface area contributed by atoms with Crippen LogP contribution < -0.4 is 4.74 Å². The van der Waals surface area contributed by atoms with Gasteiger partial charge < -0.3 is 13.7 Å². The Morgan fingerprint density at radius 3 is 2.71 bits per heavy atom. The highest BCUT2D eigenvalue weighted by molar-refractivity contribution is 7.99. The van der Waals surface area contributed by atoms with E-state index in [-0.39, 0.29) is 11.5 Å². The second kappa shape index (κ2) is 8.93. The quantitative estimate of drug-likeness (QED) is 0.296. The predicted octanol–water partition coefficient (Wildman–Crippen LogP) is 4.71. The average molecular weight is 398 g/mol. The summed E-state index contributed by atoms with van der Waals surface area (Å²) in [4.78, 5) is 12.6. The van der Waals surface area contributed by atoms with Crippen LogP contribution in [-0.4, -0.2) is 32.9 Å². The Balaban J connectivity index is 1.65. The van der Waals surface area contributed by atoms with E-state index in [0.717, 1.165) is 28.3 Å². The molecule has 0 aliphatic carbocycles. The van der Waals surface area contributed by atoms with Crippen molar-refractivity contribution in [3.8, 4) is 17.2 Å². The molecule has 0 fully saturated rings. The minimum Gasteiger partial charge on any atom is -0.494 e. The van der Waals surface area contributed by atoms with E-state index < -0.39 is 0 Å². The number of nitrogens with zero attached hydrogens (tertiary/aromatic N) is 3. The number of aryl methyl sites for hydroxylation is 1. The van der Waals surface area contributed by atoms with Crippen molar-refractivity contribution in [2.45, 2.75) is 32.5 Å². The highest BCUT2D eigenvalue weighted by Gasteiger charge is 2.17. The first-order valence-electron chi connectivity index (χ1n) is 9.03. The largest absolute Gasteiger partial charge is 0.494 e. The molecular formula is C21H23N3O3S. The molecule has 0 radical (unpaired) electrons. The van der Waals surface area contributed by atoms with Crippen LogP contribution in [0.25, 0.3) is 11.5 Å². The number of ether oxygens (including phenoxy) is 1. The van der Waals surface area contributed by atoms with Gasteiger partial charge in [0, 0.05) is 29.1 Å². The Bertz CT molecular complexity index is 973. The van der Waals surface area contributed by atoms with Crippen LogP contribution in [0, 0.1) is 13.8 Å². The SMILES string of the molecule is C=CCn1c(C)cc(C(=O)CSc2nnc(-c3ccc(OCC)cc3)o2)c1C. The maximum absolute atomic E-state index is 12.6. The molecule has 146 valence electrons. The zero-order valence-electron chi connectivity index (χ0n) is 16.3. The minimum atomic E-state index is 0.0363. The third-order valence-electron chi connectivity index (χ3n) is 4.33. The van der Waals surface area contributed by atoms with Gasteiger partial charge in [-0.1, -0.05) is 17.8 Å². The van der Waals surface area contributed by atoms with Crippen molar-refractivity contribution in [2.75, 3.05) is 12.4 Å². The summed E-state index contributed by atoms with van der Waals surface area (Å²) in [5, 5.41) is 8.48. The Kier molecular flexibility index (Phi) is 6.36. The molecule has 0 aliphatic rings. The summed E-state index contributed by atoms with van der Waals surface area (Å²) in [5.74, 6) is 1.49. The van der Waals surface area contributed by atoms with E-state index in [2.05, 4.69) is 21.3 Å². The Morgan fingerprint density at radius 2 is 2.04 bits per heavy atom. The van der Waals surface area contributed by atoms with Crippen molar-refractivity contribution in [3.05, 3.63) is 59.9 Å². The number of aromatic nitrogens is 3. The lowest BCUT2D eigenvalue weighted by Crippen LogP contribution is -2.06. The van der Waals surface area contributed by atoms with Gasteiger partial charge in [-0.25, -0.2) is 0 Å². The summed E-state index contributed by atoms with van der Waals surface area (Å²) in [7, 11) is 0. The number of thioether (sulfide) groups is 1. The van der Waals surface area contributed by atoms with Gasteiger partial charge in [-0.05, 0) is 51.1 Å². The molecule has 3 aromatic rings. The Hall–Kier alpha value is -2.80. The lowest BCUT2D eigenvalue weighted by molar-refractivity contribution is 0.102. The van der Waals surface area contributed by atoms with Gasteiger partial charge in [-0.2, -0.15) is 0 Å². The number of hydrogen-bond acceptors (Lipinski definition) is 6. The monoisotopic (exact) mass is 397 g/mol. The molecule has 0 amide bonds. The lowest BCUT2D eigenvalue weighted by Gasteiger charge is -2.05. The van der Waals surface area contributed by atoms with Gasteiger partial charge in [0.1, 0.15) is 5.75 Å². The number of ketones is 1. The molecule has 6 nitrogen and oxygen atoms in total. The fraction of sp³-hybridized carbons (Fsp3) is 0.286. The number of benzene rings is 1. The van der Waals surface area contributed by atoms with Crippen molar-refractivity contribution in [1.82, 2.24) is 14.8 Å². The van der Waals surface area contributed by atoms with Crippen molar-refractivity contribution in [3.63, 3.8) is 0 Å². The summed E-state index contributed by atoms with van der Waals surface area (Å²) in [5.41, 5.74) is 3.52. The molecule has 28 heavy (non-hydrogen) atoms. The normalized spacial score (nSPS) is 10.8. The first-order valence-corrected chi connectivity index (χ1v) is 10.0. The zero-order valence-corrected chi connectivity index (χ0v) is 17.1. The number of Topliss-reactive ketones (excluding diaryl/α,β-unsaturated/α-hetero) is 1. The number of rotatable bonds is 9. The average Bonchev–Trinajstić information content (AvgIpc) is 3.27. The third-order valence-corrected chi connectivity index (χ3v) is 5.15. The number of carbonyl (C=O) groups excluding carboxylic acids is 1. The number of allylic oxidation sites excluding steroid dienone is 1. The number of carbonyl (C=O) groups is 1. The van der Waals surface area contributed by atoms with Crippen LogP contribution in [0.2, 0.25) is 0 Å². The lowest BCUT2D eigenvalue weighted by atomic mass is 10.2. The molecule has 0 saturated carbocycles. The van der Waals surface area contributed by atoms with Crippen LogP contribution in [0.4, 0.5) is 0 Å². The Morgan fingerprint density at radius 1 is 1.29 bits per heavy atom. The van der Waals surface area contributed by atoms with Gasteiger partial charge in [0.05, 0.1) is 12.4 Å². The van der Waals surface area contributed by atoms with Gasteiger partial charge in [-0.15, -0.1) is 16.8 Å². The molecule has 0 bridgehead atoms. The first-order chi connectivity index (χ1) is 13.5. The van der Waals surface area contributed by atoms with E-state index in [1.165, 1.54) is 11.8 Å². The molecular weight excluding hydrogens is 374 g/mol. The molecule has 0 spiro atoms. The topological polar surface area (TPSA) is 70.2 Å². The first kappa shape index (κ1) is 19.9. The van der Waals surface area contributed by atoms with E-state index in [9.17, 15) is 4.79 Å². The van der Waals surface area contributed by atoms with Gasteiger partial charge in [0.2, 0.25) is 5.89 Å². The minimum absolute atomic E-state index is 0.0363. The van der Waals surface area contributed by atoms with Crippen LogP contribution in [0.5, 0.6) is 5.75 Å². The smallest absolute Gasteiger partial charge is 0.277 e. The van der Waals surface area contributed by atoms with Crippen LogP contribution in [-0.2, 0) is 6.54 Å². The molecule has 0 saturated heterocycles. The standard InChI is InChI=1S/C21H23N3O3S/c1-5-11-24-14(3)12-18(15(24)4)19(25)13-28-21-23-22-20(27-21)16-7-9-17(10-8-16)26-6-2/h5,7-10,12H,1,6,11,13H2,2-4H3. The van der Waals surface area contributed by atoms with Gasteiger partial charge in [0.15, 0.2) is 5.78 Å². The van der Waals surface area contributed by atoms with E-state index in [0.29, 0.717) is 24.3 Å². The highest BCUT2D eigenvalue weighted by Crippen LogP contribution is 2.26. The summed E-state index contributed by atoms with van der Waals surface area (Å²) in [6, 6.07) is 9.37. The van der Waals surface area contributed by atoms with E-state index in [1.807, 2.05) is 57.2 Å². The molecule has 2 aromatic heterocycles. The zero-order chi connectivity index (χ0) is 20.1. The summed E-state index contributed by atoms with van der Waals surface area (Å²) in [6.45, 7) is 10.9. The fourth-order valence-corrected chi connectivity index (χ4v) is 3.59. The van der Waals surface area contributed by atoms with Crippen molar-refractivity contribution in [2.24, 2.45) is 0 Å². The molecule has 0 atom stereocenters. The Labute approximate surface area is 168 Å². The second-order valence-corrected chi connectivity index (χ2v) is 7.15. The van der Waals surface area contributed by atoms with Crippen LogP contribution in [0.15, 0.2) is 52.6 Å². The van der Waals surface area contributed by atoms with E-state index >= 15 is 0 Å². The molecule has 2 heterocycles. The molecule has 0 unspecified atom stereocenters. The third kappa shape index (κ3) is 4.36. The fourth-order valence-electron chi connectivity index (χ4n) is 2.94. The summed E-state index contributed by atoms with van der Waals surface area (Å²) < 4.78 is 13.2. The summed E-state index contributed by atoms with van der Waals surface area (Å²) >= 11 is 1.24. The molecule has 3 rings (SSSR count). The van der Waals surface area contributed by atoms with Crippen molar-refractivity contribution in [1.29, 1.82) is 0 Å². The van der Waals surface area contributed by atoms with E-state index in [1.54, 1.807) is 0 Å².